The van der Waals surface area contributed by atoms with Crippen molar-refractivity contribution in [1.29, 1.82) is 0 Å². The van der Waals surface area contributed by atoms with Gasteiger partial charge >= 0.3 is 0 Å². The Bertz CT molecular complexity index is 864. The highest BCUT2D eigenvalue weighted by Gasteiger charge is 2.08. The third-order valence-corrected chi connectivity index (χ3v) is 3.81. The molecule has 2 N–H and O–H groups in total. The summed E-state index contributed by atoms with van der Waals surface area (Å²) in [5.41, 5.74) is 3.15. The third-order valence-electron chi connectivity index (χ3n) is 3.81. The monoisotopic (exact) mass is 348 g/mol. The molecule has 1 heterocycles. The number of para-hydroxylation sites is 3. The van der Waals surface area contributed by atoms with E-state index in [1.807, 2.05) is 56.3 Å². The topological polar surface area (TPSA) is 59.1 Å². The molecule has 26 heavy (non-hydrogen) atoms. The number of hydrogen-bond acceptors (Lipinski definition) is 5. The predicted molar refractivity (Wildman–Crippen MR) is 107 cm³/mol. The number of nitrogens with one attached hydrogen (secondary N) is 2. The Kier molecular flexibility index (Phi) is 5.69. The number of rotatable bonds is 7. The summed E-state index contributed by atoms with van der Waals surface area (Å²) >= 11 is 0. The van der Waals surface area contributed by atoms with Crippen LogP contribution in [-0.2, 0) is 6.42 Å². The average Bonchev–Trinajstić information content (AvgIpc) is 2.64. The molecule has 0 amide bonds. The second kappa shape index (κ2) is 8.34. The minimum absolute atomic E-state index is 0.0948. The van der Waals surface area contributed by atoms with E-state index in [1.165, 1.54) is 5.56 Å². The van der Waals surface area contributed by atoms with E-state index in [0.717, 1.165) is 29.4 Å². The highest BCUT2D eigenvalue weighted by Crippen LogP contribution is 2.27. The standard InChI is InChI=1S/C21H24N4O/c1-4-16-9-5-6-10-17(16)23-20-13-14-22-21(25-20)24-18-11-7-8-12-19(18)26-15(2)3/h5-15H,4H2,1-3H3,(H2,22,23,24,25). The molecule has 3 aromatic rings. The number of nitrogens with zero attached hydrogens (tertiary/aromatic N) is 2. The van der Waals surface area contributed by atoms with E-state index in [-0.39, 0.29) is 6.10 Å². The summed E-state index contributed by atoms with van der Waals surface area (Å²) < 4.78 is 5.84. The number of anilines is 4. The maximum atomic E-state index is 5.84. The van der Waals surface area contributed by atoms with Gasteiger partial charge in [-0.1, -0.05) is 37.3 Å². The first-order chi connectivity index (χ1) is 12.7. The van der Waals surface area contributed by atoms with Gasteiger partial charge in [0.25, 0.3) is 0 Å². The molecular formula is C21H24N4O. The average molecular weight is 348 g/mol. The number of aryl methyl sites for hydroxylation is 1. The highest BCUT2D eigenvalue weighted by atomic mass is 16.5. The van der Waals surface area contributed by atoms with Gasteiger partial charge in [0.15, 0.2) is 0 Å². The van der Waals surface area contributed by atoms with Gasteiger partial charge < -0.3 is 15.4 Å². The van der Waals surface area contributed by atoms with Gasteiger partial charge in [-0.15, -0.1) is 0 Å². The lowest BCUT2D eigenvalue weighted by molar-refractivity contribution is 0.244. The van der Waals surface area contributed by atoms with Crippen molar-refractivity contribution in [2.75, 3.05) is 10.6 Å². The van der Waals surface area contributed by atoms with Crippen molar-refractivity contribution in [3.05, 3.63) is 66.4 Å². The van der Waals surface area contributed by atoms with Crippen LogP contribution in [0.4, 0.5) is 23.1 Å². The second-order valence-corrected chi connectivity index (χ2v) is 6.19. The number of ether oxygens (including phenoxy) is 1. The van der Waals surface area contributed by atoms with Crippen LogP contribution in [0.3, 0.4) is 0 Å². The molecule has 5 nitrogen and oxygen atoms in total. The summed E-state index contributed by atoms with van der Waals surface area (Å²) in [6.45, 7) is 6.14. The zero-order valence-electron chi connectivity index (χ0n) is 15.4. The van der Waals surface area contributed by atoms with Crippen molar-refractivity contribution in [3.8, 4) is 5.75 Å². The number of hydrogen-bond donors (Lipinski definition) is 2. The van der Waals surface area contributed by atoms with E-state index < -0.39 is 0 Å². The molecule has 0 saturated heterocycles. The highest BCUT2D eigenvalue weighted by molar-refractivity contribution is 5.65. The van der Waals surface area contributed by atoms with Crippen LogP contribution >= 0.6 is 0 Å². The first kappa shape index (κ1) is 17.7. The fraction of sp³-hybridized carbons (Fsp3) is 0.238. The molecular weight excluding hydrogens is 324 g/mol. The third kappa shape index (κ3) is 4.51. The molecule has 0 saturated carbocycles. The van der Waals surface area contributed by atoms with E-state index >= 15 is 0 Å². The van der Waals surface area contributed by atoms with Crippen molar-refractivity contribution >= 4 is 23.1 Å². The molecule has 0 fully saturated rings. The summed E-state index contributed by atoms with van der Waals surface area (Å²) in [5, 5.41) is 6.62. The van der Waals surface area contributed by atoms with E-state index in [1.54, 1.807) is 6.20 Å². The first-order valence-electron chi connectivity index (χ1n) is 8.86. The Morgan fingerprint density at radius 2 is 1.65 bits per heavy atom. The molecule has 134 valence electrons. The van der Waals surface area contributed by atoms with Crippen LogP contribution in [0.1, 0.15) is 26.3 Å². The predicted octanol–water partition coefficient (Wildman–Crippen LogP) is 5.31. The largest absolute Gasteiger partial charge is 0.489 e. The van der Waals surface area contributed by atoms with Crippen molar-refractivity contribution in [3.63, 3.8) is 0 Å². The molecule has 0 aliphatic heterocycles. The van der Waals surface area contributed by atoms with Crippen LogP contribution in [0, 0.1) is 0 Å². The van der Waals surface area contributed by atoms with Crippen LogP contribution < -0.4 is 15.4 Å². The van der Waals surface area contributed by atoms with Gasteiger partial charge in [0, 0.05) is 11.9 Å². The molecule has 0 spiro atoms. The Morgan fingerprint density at radius 3 is 2.42 bits per heavy atom. The van der Waals surface area contributed by atoms with Gasteiger partial charge in [-0.05, 0) is 50.1 Å². The van der Waals surface area contributed by atoms with Crippen molar-refractivity contribution in [2.45, 2.75) is 33.3 Å². The molecule has 0 radical (unpaired) electrons. The van der Waals surface area contributed by atoms with Gasteiger partial charge in [0.05, 0.1) is 11.8 Å². The molecule has 0 unspecified atom stereocenters. The Morgan fingerprint density at radius 1 is 0.923 bits per heavy atom. The van der Waals surface area contributed by atoms with Gasteiger partial charge in [0.1, 0.15) is 11.6 Å². The lowest BCUT2D eigenvalue weighted by Gasteiger charge is -2.15. The van der Waals surface area contributed by atoms with Crippen LogP contribution in [0.25, 0.3) is 0 Å². The fourth-order valence-corrected chi connectivity index (χ4v) is 2.62. The van der Waals surface area contributed by atoms with Crippen LogP contribution in [0.15, 0.2) is 60.8 Å². The maximum Gasteiger partial charge on any atom is 0.229 e. The normalized spacial score (nSPS) is 10.6. The molecule has 0 aliphatic carbocycles. The Hall–Kier alpha value is -3.08. The van der Waals surface area contributed by atoms with E-state index in [0.29, 0.717) is 5.95 Å². The number of aromatic nitrogens is 2. The van der Waals surface area contributed by atoms with Crippen molar-refractivity contribution in [1.82, 2.24) is 9.97 Å². The number of benzene rings is 2. The minimum atomic E-state index is 0.0948. The van der Waals surface area contributed by atoms with Gasteiger partial charge in [-0.2, -0.15) is 4.98 Å². The quantitative estimate of drug-likeness (QED) is 0.606. The SMILES string of the molecule is CCc1ccccc1Nc1ccnc(Nc2ccccc2OC(C)C)n1. The van der Waals surface area contributed by atoms with E-state index in [4.69, 9.17) is 4.74 Å². The molecule has 0 bridgehead atoms. The Balaban J connectivity index is 1.80. The summed E-state index contributed by atoms with van der Waals surface area (Å²) in [6.07, 6.45) is 2.79. The van der Waals surface area contributed by atoms with Gasteiger partial charge in [-0.3, -0.25) is 0 Å². The summed E-state index contributed by atoms with van der Waals surface area (Å²) in [5.74, 6) is 2.04. The van der Waals surface area contributed by atoms with Gasteiger partial charge in [0.2, 0.25) is 5.95 Å². The molecule has 2 aromatic carbocycles. The van der Waals surface area contributed by atoms with Crippen molar-refractivity contribution < 1.29 is 4.74 Å². The summed E-state index contributed by atoms with van der Waals surface area (Å²) in [7, 11) is 0. The van der Waals surface area contributed by atoms with Gasteiger partial charge in [-0.25, -0.2) is 4.98 Å². The lowest BCUT2D eigenvalue weighted by Crippen LogP contribution is -2.08. The molecule has 3 rings (SSSR count). The summed E-state index contributed by atoms with van der Waals surface area (Å²) in [4.78, 5) is 8.89. The summed E-state index contributed by atoms with van der Waals surface area (Å²) in [6, 6.07) is 17.9. The molecule has 5 heteroatoms. The second-order valence-electron chi connectivity index (χ2n) is 6.19. The zero-order chi connectivity index (χ0) is 18.4. The first-order valence-corrected chi connectivity index (χ1v) is 8.86. The maximum absolute atomic E-state index is 5.84. The lowest BCUT2D eigenvalue weighted by atomic mass is 10.1. The van der Waals surface area contributed by atoms with Crippen LogP contribution in [0.5, 0.6) is 5.75 Å². The minimum Gasteiger partial charge on any atom is -0.489 e. The van der Waals surface area contributed by atoms with Crippen LogP contribution in [-0.4, -0.2) is 16.1 Å². The molecule has 0 aliphatic rings. The van der Waals surface area contributed by atoms with Crippen LogP contribution in [0.2, 0.25) is 0 Å². The van der Waals surface area contributed by atoms with Crippen molar-refractivity contribution in [2.24, 2.45) is 0 Å². The molecule has 0 atom stereocenters. The fourth-order valence-electron chi connectivity index (χ4n) is 2.62. The van der Waals surface area contributed by atoms with E-state index in [2.05, 4.69) is 39.7 Å². The Labute approximate surface area is 154 Å². The van der Waals surface area contributed by atoms with E-state index in [9.17, 15) is 0 Å². The zero-order valence-corrected chi connectivity index (χ0v) is 15.4. The smallest absolute Gasteiger partial charge is 0.229 e. The molecule has 1 aromatic heterocycles.